The van der Waals surface area contributed by atoms with Crippen molar-refractivity contribution in [1.82, 2.24) is 20.2 Å². The summed E-state index contributed by atoms with van der Waals surface area (Å²) in [6, 6.07) is 9.42. The molecule has 27 heavy (non-hydrogen) atoms. The molecule has 2 aromatic rings. The van der Waals surface area contributed by atoms with Crippen molar-refractivity contribution in [3.8, 4) is 0 Å². The minimum atomic E-state index is -0.303. The Morgan fingerprint density at radius 3 is 2.74 bits per heavy atom. The van der Waals surface area contributed by atoms with Crippen LogP contribution in [0.4, 0.5) is 4.79 Å². The van der Waals surface area contributed by atoms with Crippen LogP contribution in [0, 0.1) is 5.92 Å². The Bertz CT molecular complexity index is 764. The second-order valence-corrected chi connectivity index (χ2v) is 7.55. The first-order valence-electron chi connectivity index (χ1n) is 9.59. The van der Waals surface area contributed by atoms with Crippen molar-refractivity contribution in [3.63, 3.8) is 0 Å². The quantitative estimate of drug-likeness (QED) is 0.820. The Morgan fingerprint density at radius 1 is 1.26 bits per heavy atom. The number of benzene rings is 1. The molecule has 1 atom stereocenters. The predicted octanol–water partition coefficient (Wildman–Crippen LogP) is 2.35. The Kier molecular flexibility index (Phi) is 6.40. The second kappa shape index (κ2) is 8.95. The van der Waals surface area contributed by atoms with Crippen LogP contribution in [-0.4, -0.2) is 45.2 Å². The Hall–Kier alpha value is -2.47. The normalized spacial score (nSPS) is 14.7. The largest absolute Gasteiger partial charge is 0.394 e. The van der Waals surface area contributed by atoms with Crippen molar-refractivity contribution in [2.75, 3.05) is 13.2 Å². The van der Waals surface area contributed by atoms with E-state index in [-0.39, 0.29) is 18.7 Å². The SMILES string of the molecule is CC(C)Cc1ncc2c(n1)CN(C(=O)N[C@H](CO)Cc1ccccc1)CC2. The van der Waals surface area contributed by atoms with E-state index in [0.29, 0.717) is 25.4 Å². The highest BCUT2D eigenvalue weighted by molar-refractivity contribution is 5.74. The zero-order valence-electron chi connectivity index (χ0n) is 16.1. The van der Waals surface area contributed by atoms with Crippen LogP contribution in [-0.2, 0) is 25.8 Å². The summed E-state index contributed by atoms with van der Waals surface area (Å²) < 4.78 is 0. The first kappa shape index (κ1) is 19.3. The molecule has 0 aliphatic carbocycles. The Morgan fingerprint density at radius 2 is 2.04 bits per heavy atom. The first-order valence-corrected chi connectivity index (χ1v) is 9.59. The molecule has 2 amide bonds. The van der Waals surface area contributed by atoms with Crippen molar-refractivity contribution in [1.29, 1.82) is 0 Å². The highest BCUT2D eigenvalue weighted by Gasteiger charge is 2.24. The fraction of sp³-hybridized carbons (Fsp3) is 0.476. The van der Waals surface area contributed by atoms with Crippen LogP contribution in [0.5, 0.6) is 0 Å². The lowest BCUT2D eigenvalue weighted by atomic mass is 10.1. The molecule has 6 heteroatoms. The molecule has 0 radical (unpaired) electrons. The maximum atomic E-state index is 12.7. The molecular formula is C21H28N4O2. The number of aromatic nitrogens is 2. The Balaban J connectivity index is 1.62. The van der Waals surface area contributed by atoms with Crippen LogP contribution >= 0.6 is 0 Å². The van der Waals surface area contributed by atoms with Gasteiger partial charge in [0.15, 0.2) is 0 Å². The summed E-state index contributed by atoms with van der Waals surface area (Å²) in [5, 5.41) is 12.6. The summed E-state index contributed by atoms with van der Waals surface area (Å²) in [6.07, 6.45) is 4.10. The van der Waals surface area contributed by atoms with E-state index < -0.39 is 0 Å². The van der Waals surface area contributed by atoms with Gasteiger partial charge in [0.2, 0.25) is 0 Å². The van der Waals surface area contributed by atoms with Gasteiger partial charge in [-0.3, -0.25) is 0 Å². The van der Waals surface area contributed by atoms with Gasteiger partial charge in [0.25, 0.3) is 0 Å². The minimum absolute atomic E-state index is 0.0915. The molecule has 0 bridgehead atoms. The van der Waals surface area contributed by atoms with E-state index in [1.807, 2.05) is 36.5 Å². The van der Waals surface area contributed by atoms with Crippen molar-refractivity contribution < 1.29 is 9.90 Å². The average Bonchev–Trinajstić information content (AvgIpc) is 2.67. The standard InChI is InChI=1S/C21H28N4O2/c1-15(2)10-20-22-12-17-8-9-25(13-19(17)24-20)21(27)23-18(14-26)11-16-6-4-3-5-7-16/h3-7,12,15,18,26H,8-11,13-14H2,1-2H3,(H,23,27)/t18-/m0/s1. The second-order valence-electron chi connectivity index (χ2n) is 7.55. The van der Waals surface area contributed by atoms with Gasteiger partial charge in [-0.2, -0.15) is 0 Å². The summed E-state index contributed by atoms with van der Waals surface area (Å²) in [7, 11) is 0. The molecule has 0 spiro atoms. The summed E-state index contributed by atoms with van der Waals surface area (Å²) in [4.78, 5) is 23.6. The van der Waals surface area contributed by atoms with Gasteiger partial charge in [-0.1, -0.05) is 44.2 Å². The van der Waals surface area contributed by atoms with E-state index in [2.05, 4.69) is 29.1 Å². The van der Waals surface area contributed by atoms with Crippen LogP contribution in [0.1, 0.15) is 36.5 Å². The number of nitrogens with zero attached hydrogens (tertiary/aromatic N) is 3. The number of aliphatic hydroxyl groups excluding tert-OH is 1. The smallest absolute Gasteiger partial charge is 0.318 e. The van der Waals surface area contributed by atoms with E-state index in [1.165, 1.54) is 0 Å². The molecule has 6 nitrogen and oxygen atoms in total. The average molecular weight is 368 g/mol. The van der Waals surface area contributed by atoms with Gasteiger partial charge >= 0.3 is 6.03 Å². The third-order valence-corrected chi connectivity index (χ3v) is 4.75. The topological polar surface area (TPSA) is 78.4 Å². The number of fused-ring (bicyclic) bond motifs is 1. The van der Waals surface area contributed by atoms with Crippen LogP contribution in [0.3, 0.4) is 0 Å². The maximum absolute atomic E-state index is 12.7. The molecule has 144 valence electrons. The van der Waals surface area contributed by atoms with Crippen LogP contribution in [0.15, 0.2) is 36.5 Å². The highest BCUT2D eigenvalue weighted by atomic mass is 16.3. The third-order valence-electron chi connectivity index (χ3n) is 4.75. The third kappa shape index (κ3) is 5.26. The zero-order valence-corrected chi connectivity index (χ0v) is 16.1. The lowest BCUT2D eigenvalue weighted by molar-refractivity contribution is 0.176. The van der Waals surface area contributed by atoms with E-state index in [0.717, 1.165) is 35.5 Å². The van der Waals surface area contributed by atoms with E-state index >= 15 is 0 Å². The number of hydrogen-bond acceptors (Lipinski definition) is 4. The molecule has 3 rings (SSSR count). The molecule has 1 aromatic heterocycles. The van der Waals surface area contributed by atoms with E-state index in [1.54, 1.807) is 4.90 Å². The summed E-state index contributed by atoms with van der Waals surface area (Å²) in [6.45, 7) is 5.31. The number of amides is 2. The van der Waals surface area contributed by atoms with Gasteiger partial charge in [-0.05, 0) is 29.9 Å². The highest BCUT2D eigenvalue weighted by Crippen LogP contribution is 2.17. The fourth-order valence-corrected chi connectivity index (χ4v) is 3.31. The number of nitrogens with one attached hydrogen (secondary N) is 1. The molecule has 0 fully saturated rings. The van der Waals surface area contributed by atoms with Crippen molar-refractivity contribution in [2.45, 2.75) is 45.7 Å². The van der Waals surface area contributed by atoms with E-state index in [9.17, 15) is 9.90 Å². The number of hydrogen-bond donors (Lipinski definition) is 2. The molecule has 1 aliphatic rings. The first-order chi connectivity index (χ1) is 13.0. The lowest BCUT2D eigenvalue weighted by Gasteiger charge is -2.30. The number of carbonyl (C=O) groups excluding carboxylic acids is 1. The summed E-state index contributed by atoms with van der Waals surface area (Å²) in [5.41, 5.74) is 3.15. The number of rotatable bonds is 6. The van der Waals surface area contributed by atoms with Crippen molar-refractivity contribution >= 4 is 6.03 Å². The van der Waals surface area contributed by atoms with Gasteiger partial charge in [-0.15, -0.1) is 0 Å². The predicted molar refractivity (Wildman–Crippen MR) is 104 cm³/mol. The van der Waals surface area contributed by atoms with Crippen molar-refractivity contribution in [2.24, 2.45) is 5.92 Å². The summed E-state index contributed by atoms with van der Waals surface area (Å²) >= 11 is 0. The lowest BCUT2D eigenvalue weighted by Crippen LogP contribution is -2.48. The molecule has 0 saturated heterocycles. The summed E-state index contributed by atoms with van der Waals surface area (Å²) in [5.74, 6) is 1.33. The van der Waals surface area contributed by atoms with Crippen molar-refractivity contribution in [3.05, 3.63) is 59.2 Å². The van der Waals surface area contributed by atoms with Gasteiger partial charge in [0.1, 0.15) is 5.82 Å². The molecule has 0 unspecified atom stereocenters. The van der Waals surface area contributed by atoms with Crippen LogP contribution in [0.2, 0.25) is 0 Å². The van der Waals surface area contributed by atoms with Gasteiger partial charge < -0.3 is 15.3 Å². The monoisotopic (exact) mass is 368 g/mol. The van der Waals surface area contributed by atoms with Crippen LogP contribution in [0.25, 0.3) is 0 Å². The molecule has 0 saturated carbocycles. The van der Waals surface area contributed by atoms with Gasteiger partial charge in [0.05, 0.1) is 24.9 Å². The van der Waals surface area contributed by atoms with Gasteiger partial charge in [-0.25, -0.2) is 14.8 Å². The van der Waals surface area contributed by atoms with E-state index in [4.69, 9.17) is 0 Å². The zero-order chi connectivity index (χ0) is 19.2. The minimum Gasteiger partial charge on any atom is -0.394 e. The molecule has 1 aliphatic heterocycles. The fourth-order valence-electron chi connectivity index (χ4n) is 3.31. The number of aliphatic hydroxyl groups is 1. The van der Waals surface area contributed by atoms with Crippen LogP contribution < -0.4 is 5.32 Å². The Labute approximate surface area is 160 Å². The molecule has 1 aromatic carbocycles. The molecule has 2 N–H and O–H groups in total. The maximum Gasteiger partial charge on any atom is 0.318 e. The number of urea groups is 1. The molecule has 2 heterocycles. The molecular weight excluding hydrogens is 340 g/mol. The number of carbonyl (C=O) groups is 1. The van der Waals surface area contributed by atoms with Gasteiger partial charge in [0, 0.05) is 19.2 Å².